The average Bonchev–Trinajstić information content (AvgIpc) is 3.05. The molecule has 4 nitrogen and oxygen atoms in total. The fourth-order valence-electron chi connectivity index (χ4n) is 2.71. The summed E-state index contributed by atoms with van der Waals surface area (Å²) in [5, 5.41) is 9.49. The summed E-state index contributed by atoms with van der Waals surface area (Å²) in [5.41, 5.74) is 3.62. The Morgan fingerprint density at radius 3 is 2.38 bits per heavy atom. The molecule has 0 saturated heterocycles. The van der Waals surface area contributed by atoms with Gasteiger partial charge in [-0.05, 0) is 54.3 Å². The lowest BCUT2D eigenvalue weighted by molar-refractivity contribution is 0.423. The summed E-state index contributed by atoms with van der Waals surface area (Å²) in [5.74, 6) is 0. The van der Waals surface area contributed by atoms with Crippen LogP contribution in [0.4, 0.5) is 0 Å². The Morgan fingerprint density at radius 2 is 1.81 bits per heavy atom. The second kappa shape index (κ2) is 7.42. The summed E-state index contributed by atoms with van der Waals surface area (Å²) in [7, 11) is 0. The number of hydrogen-bond acceptors (Lipinski definition) is 2. The summed E-state index contributed by atoms with van der Waals surface area (Å²) in [6, 6.07) is 2.63. The summed E-state index contributed by atoms with van der Waals surface area (Å²) < 4.78 is 5.55. The first-order chi connectivity index (χ1) is 10.1. The van der Waals surface area contributed by atoms with Crippen molar-refractivity contribution in [3.63, 3.8) is 0 Å². The molecular formula is C16H25IN4. The normalized spacial score (nSPS) is 11.5. The van der Waals surface area contributed by atoms with Crippen molar-refractivity contribution in [2.75, 3.05) is 0 Å². The van der Waals surface area contributed by atoms with Crippen LogP contribution in [0.25, 0.3) is 0 Å². The van der Waals surface area contributed by atoms with Crippen LogP contribution in [-0.4, -0.2) is 19.6 Å². The SMILES string of the molecule is CCc1nn(Cc2ccn(C(CC)CC)n2)c(CC)c1I. The van der Waals surface area contributed by atoms with Gasteiger partial charge in [0.1, 0.15) is 0 Å². The molecule has 0 amide bonds. The number of nitrogens with zero attached hydrogens (tertiary/aromatic N) is 4. The van der Waals surface area contributed by atoms with Crippen molar-refractivity contribution in [3.8, 4) is 0 Å². The lowest BCUT2D eigenvalue weighted by atomic mass is 10.2. The van der Waals surface area contributed by atoms with E-state index in [9.17, 15) is 0 Å². The monoisotopic (exact) mass is 400 g/mol. The molecule has 2 aromatic heterocycles. The minimum atomic E-state index is 0.508. The molecule has 0 aliphatic heterocycles. The van der Waals surface area contributed by atoms with Gasteiger partial charge in [-0.2, -0.15) is 10.2 Å². The zero-order valence-corrected chi connectivity index (χ0v) is 15.6. The van der Waals surface area contributed by atoms with Gasteiger partial charge in [-0.1, -0.05) is 27.7 Å². The Kier molecular flexibility index (Phi) is 5.84. The Balaban J connectivity index is 2.22. The van der Waals surface area contributed by atoms with Gasteiger partial charge in [0.05, 0.1) is 33.2 Å². The molecule has 2 heterocycles. The molecule has 5 heteroatoms. The van der Waals surface area contributed by atoms with Gasteiger partial charge in [-0.25, -0.2) is 0 Å². The van der Waals surface area contributed by atoms with E-state index >= 15 is 0 Å². The van der Waals surface area contributed by atoms with Gasteiger partial charge in [0, 0.05) is 6.20 Å². The largest absolute Gasteiger partial charge is 0.269 e. The average molecular weight is 400 g/mol. The minimum Gasteiger partial charge on any atom is -0.269 e. The van der Waals surface area contributed by atoms with Crippen LogP contribution in [0, 0.1) is 3.57 Å². The topological polar surface area (TPSA) is 35.6 Å². The molecule has 0 spiro atoms. The predicted octanol–water partition coefficient (Wildman–Crippen LogP) is 4.22. The van der Waals surface area contributed by atoms with Crippen molar-refractivity contribution in [2.24, 2.45) is 0 Å². The Morgan fingerprint density at radius 1 is 1.10 bits per heavy atom. The molecule has 0 aromatic carbocycles. The molecule has 0 atom stereocenters. The van der Waals surface area contributed by atoms with Crippen molar-refractivity contribution < 1.29 is 0 Å². The van der Waals surface area contributed by atoms with Crippen molar-refractivity contribution in [1.29, 1.82) is 0 Å². The number of aromatic nitrogens is 4. The van der Waals surface area contributed by atoms with E-state index in [0.717, 1.165) is 37.9 Å². The highest BCUT2D eigenvalue weighted by molar-refractivity contribution is 14.1. The van der Waals surface area contributed by atoms with E-state index in [0.29, 0.717) is 6.04 Å². The van der Waals surface area contributed by atoms with E-state index in [1.807, 2.05) is 0 Å². The van der Waals surface area contributed by atoms with E-state index in [1.165, 1.54) is 15.0 Å². The molecule has 0 bridgehead atoms. The maximum Gasteiger partial charge on any atom is 0.0853 e. The highest BCUT2D eigenvalue weighted by atomic mass is 127. The third kappa shape index (κ3) is 3.49. The van der Waals surface area contributed by atoms with Crippen LogP contribution in [0.2, 0.25) is 0 Å². The molecule has 0 radical (unpaired) electrons. The highest BCUT2D eigenvalue weighted by Gasteiger charge is 2.14. The fraction of sp³-hybridized carbons (Fsp3) is 0.625. The molecule has 0 aliphatic rings. The van der Waals surface area contributed by atoms with Crippen LogP contribution in [0.15, 0.2) is 12.3 Å². The Hall–Kier alpha value is -0.850. The maximum absolute atomic E-state index is 4.75. The fourth-order valence-corrected chi connectivity index (χ4v) is 3.85. The predicted molar refractivity (Wildman–Crippen MR) is 94.6 cm³/mol. The smallest absolute Gasteiger partial charge is 0.0853 e. The van der Waals surface area contributed by atoms with E-state index in [-0.39, 0.29) is 0 Å². The first-order valence-electron chi connectivity index (χ1n) is 7.92. The zero-order valence-electron chi connectivity index (χ0n) is 13.4. The minimum absolute atomic E-state index is 0.508. The Labute approximate surface area is 141 Å². The van der Waals surface area contributed by atoms with Gasteiger partial charge in [-0.3, -0.25) is 9.36 Å². The van der Waals surface area contributed by atoms with Crippen LogP contribution in [0.5, 0.6) is 0 Å². The van der Waals surface area contributed by atoms with Gasteiger partial charge in [0.2, 0.25) is 0 Å². The second-order valence-corrected chi connectivity index (χ2v) is 6.41. The number of hydrogen-bond donors (Lipinski definition) is 0. The summed E-state index contributed by atoms with van der Waals surface area (Å²) in [4.78, 5) is 0. The van der Waals surface area contributed by atoms with Gasteiger partial charge in [0.25, 0.3) is 0 Å². The maximum atomic E-state index is 4.75. The van der Waals surface area contributed by atoms with Gasteiger partial charge < -0.3 is 0 Å². The zero-order chi connectivity index (χ0) is 15.4. The third-order valence-corrected chi connectivity index (χ3v) is 5.27. The van der Waals surface area contributed by atoms with Crippen LogP contribution < -0.4 is 0 Å². The molecule has 2 aromatic rings. The van der Waals surface area contributed by atoms with Gasteiger partial charge in [0.15, 0.2) is 0 Å². The van der Waals surface area contributed by atoms with Crippen molar-refractivity contribution in [3.05, 3.63) is 32.9 Å². The van der Waals surface area contributed by atoms with Crippen LogP contribution in [-0.2, 0) is 19.4 Å². The first kappa shape index (κ1) is 16.5. The van der Waals surface area contributed by atoms with Crippen molar-refractivity contribution >= 4 is 22.6 Å². The second-order valence-electron chi connectivity index (χ2n) is 5.33. The molecule has 0 unspecified atom stereocenters. The van der Waals surface area contributed by atoms with Crippen molar-refractivity contribution in [2.45, 2.75) is 66.0 Å². The highest BCUT2D eigenvalue weighted by Crippen LogP contribution is 2.20. The van der Waals surface area contributed by atoms with Gasteiger partial charge >= 0.3 is 0 Å². The first-order valence-corrected chi connectivity index (χ1v) is 9.00. The Bertz CT molecular complexity index is 581. The molecule has 0 saturated carbocycles. The molecule has 21 heavy (non-hydrogen) atoms. The van der Waals surface area contributed by atoms with Crippen LogP contribution >= 0.6 is 22.6 Å². The summed E-state index contributed by atoms with van der Waals surface area (Å²) in [6.07, 6.45) is 6.35. The van der Waals surface area contributed by atoms with E-state index in [2.05, 4.69) is 71.9 Å². The lowest BCUT2D eigenvalue weighted by Crippen LogP contribution is -2.10. The molecule has 0 aliphatic carbocycles. The molecule has 2 rings (SSSR count). The number of aryl methyl sites for hydroxylation is 1. The van der Waals surface area contributed by atoms with Crippen LogP contribution in [0.1, 0.15) is 63.7 Å². The van der Waals surface area contributed by atoms with E-state index in [4.69, 9.17) is 10.2 Å². The van der Waals surface area contributed by atoms with Crippen LogP contribution in [0.3, 0.4) is 0 Å². The van der Waals surface area contributed by atoms with E-state index in [1.54, 1.807) is 0 Å². The number of rotatable bonds is 7. The summed E-state index contributed by atoms with van der Waals surface area (Å²) >= 11 is 2.42. The third-order valence-electron chi connectivity index (χ3n) is 4.02. The molecule has 0 N–H and O–H groups in total. The molecular weight excluding hydrogens is 375 g/mol. The quantitative estimate of drug-likeness (QED) is 0.653. The van der Waals surface area contributed by atoms with E-state index < -0.39 is 0 Å². The summed E-state index contributed by atoms with van der Waals surface area (Å²) in [6.45, 7) is 9.56. The molecule has 0 fully saturated rings. The molecule has 116 valence electrons. The van der Waals surface area contributed by atoms with Crippen molar-refractivity contribution in [1.82, 2.24) is 19.6 Å². The number of halogens is 1. The lowest BCUT2D eigenvalue weighted by Gasteiger charge is -2.12. The standard InChI is InChI=1S/C16H25IN4/c1-5-13(6-2)20-10-9-12(18-20)11-21-15(8-4)16(17)14(7-3)19-21/h9-10,13H,5-8,11H2,1-4H3. The van der Waals surface area contributed by atoms with Gasteiger partial charge in [-0.15, -0.1) is 0 Å².